The number of piperidine rings is 1. The number of pyridine rings is 1. The molecule has 2 rings (SSSR count). The monoisotopic (exact) mass is 319 g/mol. The molecule has 0 bridgehead atoms. The molecular formula is C17H25N3O3. The summed E-state index contributed by atoms with van der Waals surface area (Å²) in [6, 6.07) is 3.69. The van der Waals surface area contributed by atoms with E-state index in [1.54, 1.807) is 24.2 Å². The highest BCUT2D eigenvalue weighted by Crippen LogP contribution is 2.28. The highest BCUT2D eigenvalue weighted by Gasteiger charge is 2.27. The van der Waals surface area contributed by atoms with Gasteiger partial charge < -0.3 is 15.0 Å². The molecule has 0 aromatic carbocycles. The van der Waals surface area contributed by atoms with Gasteiger partial charge in [0.1, 0.15) is 11.3 Å². The Morgan fingerprint density at radius 3 is 2.39 bits per heavy atom. The zero-order valence-electron chi connectivity index (χ0n) is 14.3. The van der Waals surface area contributed by atoms with E-state index in [4.69, 9.17) is 4.74 Å². The van der Waals surface area contributed by atoms with E-state index in [9.17, 15) is 9.59 Å². The number of carbonyl (C=O) groups excluding carboxylic acids is 2. The van der Waals surface area contributed by atoms with Crippen LogP contribution in [0.3, 0.4) is 0 Å². The number of amides is 2. The lowest BCUT2D eigenvalue weighted by molar-refractivity contribution is 0.0204. The predicted octanol–water partition coefficient (Wildman–Crippen LogP) is 2.56. The third-order valence-corrected chi connectivity index (χ3v) is 3.86. The van der Waals surface area contributed by atoms with Crippen molar-refractivity contribution in [2.24, 2.45) is 0 Å². The van der Waals surface area contributed by atoms with Crippen LogP contribution < -0.4 is 5.32 Å². The zero-order chi connectivity index (χ0) is 17.0. The van der Waals surface area contributed by atoms with Crippen LogP contribution in [0.15, 0.2) is 18.3 Å². The molecule has 0 aliphatic carbocycles. The second kappa shape index (κ2) is 6.98. The number of hydrogen-bond donors (Lipinski definition) is 1. The maximum atomic E-state index is 12.1. The topological polar surface area (TPSA) is 71.5 Å². The SMILES string of the molecule is CNC(=O)c1ccc(C2CCN(C(=O)OC(C)(C)C)CC2)cn1. The van der Waals surface area contributed by atoms with E-state index in [0.717, 1.165) is 18.4 Å². The van der Waals surface area contributed by atoms with Crippen LogP contribution in [0.2, 0.25) is 0 Å². The number of likely N-dealkylation sites (tertiary alicyclic amines) is 1. The lowest BCUT2D eigenvalue weighted by Gasteiger charge is -2.33. The second-order valence-corrected chi connectivity index (χ2v) is 6.80. The lowest BCUT2D eigenvalue weighted by Crippen LogP contribution is -2.41. The van der Waals surface area contributed by atoms with E-state index in [0.29, 0.717) is 24.7 Å². The van der Waals surface area contributed by atoms with Crippen LogP contribution >= 0.6 is 0 Å². The second-order valence-electron chi connectivity index (χ2n) is 6.80. The smallest absolute Gasteiger partial charge is 0.410 e. The first-order chi connectivity index (χ1) is 10.8. The minimum Gasteiger partial charge on any atom is -0.444 e. The standard InChI is InChI=1S/C17H25N3O3/c1-17(2,3)23-16(22)20-9-7-12(8-10-20)13-5-6-14(19-11-13)15(21)18-4/h5-6,11-12H,7-10H2,1-4H3,(H,18,21). The molecule has 0 radical (unpaired) electrons. The number of carbonyl (C=O) groups is 2. The fourth-order valence-corrected chi connectivity index (χ4v) is 2.63. The van der Waals surface area contributed by atoms with Crippen molar-refractivity contribution in [1.29, 1.82) is 0 Å². The molecule has 126 valence electrons. The normalized spacial score (nSPS) is 16.1. The molecular weight excluding hydrogens is 294 g/mol. The van der Waals surface area contributed by atoms with Crippen molar-refractivity contribution in [3.8, 4) is 0 Å². The van der Waals surface area contributed by atoms with E-state index in [1.807, 2.05) is 26.8 Å². The number of nitrogens with zero attached hydrogens (tertiary/aromatic N) is 2. The Hall–Kier alpha value is -2.11. The molecule has 0 atom stereocenters. The molecule has 23 heavy (non-hydrogen) atoms. The van der Waals surface area contributed by atoms with Gasteiger partial charge in [-0.25, -0.2) is 4.79 Å². The number of hydrogen-bond acceptors (Lipinski definition) is 4. The molecule has 1 aromatic rings. The number of rotatable bonds is 2. The van der Waals surface area contributed by atoms with Crippen LogP contribution in [0.1, 0.15) is 55.6 Å². The lowest BCUT2D eigenvalue weighted by atomic mass is 9.90. The predicted molar refractivity (Wildman–Crippen MR) is 87.4 cm³/mol. The third-order valence-electron chi connectivity index (χ3n) is 3.86. The Balaban J connectivity index is 1.91. The van der Waals surface area contributed by atoms with Gasteiger partial charge in [0.25, 0.3) is 5.91 Å². The number of aromatic nitrogens is 1. The fraction of sp³-hybridized carbons (Fsp3) is 0.588. The van der Waals surface area contributed by atoms with E-state index in [1.165, 1.54) is 0 Å². The Morgan fingerprint density at radius 1 is 1.26 bits per heavy atom. The van der Waals surface area contributed by atoms with Crippen LogP contribution in [0, 0.1) is 0 Å². The van der Waals surface area contributed by atoms with Crippen molar-refractivity contribution in [3.05, 3.63) is 29.6 Å². The van der Waals surface area contributed by atoms with Gasteiger partial charge in [-0.2, -0.15) is 0 Å². The molecule has 1 fully saturated rings. The molecule has 2 heterocycles. The van der Waals surface area contributed by atoms with E-state index >= 15 is 0 Å². The molecule has 0 saturated carbocycles. The highest BCUT2D eigenvalue weighted by molar-refractivity contribution is 5.91. The van der Waals surface area contributed by atoms with Gasteiger partial charge >= 0.3 is 6.09 Å². The minimum absolute atomic E-state index is 0.184. The third kappa shape index (κ3) is 4.68. The molecule has 1 aliphatic rings. The summed E-state index contributed by atoms with van der Waals surface area (Å²) in [5.41, 5.74) is 1.07. The largest absolute Gasteiger partial charge is 0.444 e. The van der Waals surface area contributed by atoms with Crippen LogP contribution in [-0.4, -0.2) is 47.6 Å². The first kappa shape index (κ1) is 17.2. The summed E-state index contributed by atoms with van der Waals surface area (Å²) < 4.78 is 5.40. The molecule has 6 heteroatoms. The Morgan fingerprint density at radius 2 is 1.91 bits per heavy atom. The molecule has 1 N–H and O–H groups in total. The van der Waals surface area contributed by atoms with Gasteiger partial charge in [0.2, 0.25) is 0 Å². The molecule has 0 unspecified atom stereocenters. The van der Waals surface area contributed by atoms with Crippen LogP contribution in [0.4, 0.5) is 4.79 Å². The summed E-state index contributed by atoms with van der Waals surface area (Å²) in [5.74, 6) is 0.177. The van der Waals surface area contributed by atoms with Crippen LogP contribution in [-0.2, 0) is 4.74 Å². The average Bonchev–Trinajstić information content (AvgIpc) is 2.53. The maximum Gasteiger partial charge on any atom is 0.410 e. The molecule has 6 nitrogen and oxygen atoms in total. The Labute approximate surface area is 137 Å². The van der Waals surface area contributed by atoms with Gasteiger partial charge in [0.05, 0.1) is 0 Å². The molecule has 1 aliphatic heterocycles. The number of ether oxygens (including phenoxy) is 1. The van der Waals surface area contributed by atoms with Gasteiger partial charge in [0.15, 0.2) is 0 Å². The van der Waals surface area contributed by atoms with Gasteiger partial charge in [-0.05, 0) is 51.2 Å². The van der Waals surface area contributed by atoms with Gasteiger partial charge in [-0.15, -0.1) is 0 Å². The van der Waals surface area contributed by atoms with Gasteiger partial charge in [0, 0.05) is 26.3 Å². The van der Waals surface area contributed by atoms with Crippen molar-refractivity contribution in [2.75, 3.05) is 20.1 Å². The summed E-state index contributed by atoms with van der Waals surface area (Å²) in [6.07, 6.45) is 3.27. The minimum atomic E-state index is -0.465. The van der Waals surface area contributed by atoms with E-state index < -0.39 is 5.60 Å². The Bertz CT molecular complexity index is 555. The van der Waals surface area contributed by atoms with E-state index in [2.05, 4.69) is 10.3 Å². The summed E-state index contributed by atoms with van der Waals surface area (Å²) >= 11 is 0. The average molecular weight is 319 g/mol. The van der Waals surface area contributed by atoms with Crippen molar-refractivity contribution in [2.45, 2.75) is 45.1 Å². The zero-order valence-corrected chi connectivity index (χ0v) is 14.3. The van der Waals surface area contributed by atoms with Crippen LogP contribution in [0.25, 0.3) is 0 Å². The first-order valence-corrected chi connectivity index (χ1v) is 7.96. The first-order valence-electron chi connectivity index (χ1n) is 7.96. The van der Waals surface area contributed by atoms with Crippen molar-refractivity contribution < 1.29 is 14.3 Å². The molecule has 0 spiro atoms. The summed E-state index contributed by atoms with van der Waals surface area (Å²) in [7, 11) is 1.59. The van der Waals surface area contributed by atoms with Crippen molar-refractivity contribution >= 4 is 12.0 Å². The fourth-order valence-electron chi connectivity index (χ4n) is 2.63. The molecule has 2 amide bonds. The Kier molecular flexibility index (Phi) is 5.23. The van der Waals surface area contributed by atoms with Crippen molar-refractivity contribution in [3.63, 3.8) is 0 Å². The number of nitrogens with one attached hydrogen (secondary N) is 1. The summed E-state index contributed by atoms with van der Waals surface area (Å²) in [5, 5.41) is 2.56. The van der Waals surface area contributed by atoms with E-state index in [-0.39, 0.29) is 12.0 Å². The van der Waals surface area contributed by atoms with Crippen molar-refractivity contribution in [1.82, 2.24) is 15.2 Å². The van der Waals surface area contributed by atoms with Gasteiger partial charge in [-0.3, -0.25) is 9.78 Å². The molecule has 1 aromatic heterocycles. The highest BCUT2D eigenvalue weighted by atomic mass is 16.6. The van der Waals surface area contributed by atoms with Gasteiger partial charge in [-0.1, -0.05) is 6.07 Å². The molecule has 1 saturated heterocycles. The van der Waals surface area contributed by atoms with Crippen LogP contribution in [0.5, 0.6) is 0 Å². The quantitative estimate of drug-likeness (QED) is 0.909. The maximum absolute atomic E-state index is 12.1. The summed E-state index contributed by atoms with van der Waals surface area (Å²) in [4.78, 5) is 29.5. The summed E-state index contributed by atoms with van der Waals surface area (Å²) in [6.45, 7) is 6.97.